The van der Waals surface area contributed by atoms with Gasteiger partial charge in [0.2, 0.25) is 0 Å². The summed E-state index contributed by atoms with van der Waals surface area (Å²) >= 11 is 7.47. The number of halogens is 1. The van der Waals surface area contributed by atoms with Crippen LogP contribution in [0.25, 0.3) is 0 Å². The van der Waals surface area contributed by atoms with Gasteiger partial charge in [-0.3, -0.25) is 19.9 Å². The van der Waals surface area contributed by atoms with Gasteiger partial charge in [0.1, 0.15) is 0 Å². The number of thioether (sulfide) groups is 1. The van der Waals surface area contributed by atoms with Crippen LogP contribution in [-0.2, 0) is 0 Å². The number of aliphatic imine (C=N–C) groups is 1. The molecule has 0 saturated carbocycles. The second-order valence-corrected chi connectivity index (χ2v) is 7.15. The smallest absolute Gasteiger partial charge is 0.269 e. The Labute approximate surface area is 160 Å². The van der Waals surface area contributed by atoms with Crippen LogP contribution in [0.2, 0.25) is 5.02 Å². The molecule has 1 aliphatic rings. The van der Waals surface area contributed by atoms with Crippen molar-refractivity contribution in [3.8, 4) is 0 Å². The van der Waals surface area contributed by atoms with Crippen molar-refractivity contribution >= 4 is 45.7 Å². The minimum Gasteiger partial charge on any atom is -0.313 e. The van der Waals surface area contributed by atoms with Crippen molar-refractivity contribution in [3.05, 3.63) is 69.2 Å². The first-order valence-electron chi connectivity index (χ1n) is 8.02. The molecule has 0 aromatic heterocycles. The molecule has 0 atom stereocenters. The number of nitrogens with zero attached hydrogens (tertiary/aromatic N) is 3. The molecule has 0 spiro atoms. The number of hydrogen-bond donors (Lipinski definition) is 0. The lowest BCUT2D eigenvalue weighted by Gasteiger charge is -2.27. The fourth-order valence-corrected chi connectivity index (χ4v) is 3.60. The summed E-state index contributed by atoms with van der Waals surface area (Å²) in [5.41, 5.74) is 1.27. The number of carbonyl (C=O) groups excluding carboxylic acids is 1. The van der Waals surface area contributed by atoms with Gasteiger partial charge in [0, 0.05) is 40.7 Å². The Hall–Kier alpha value is -2.38. The maximum atomic E-state index is 12.7. The average Bonchev–Trinajstić information content (AvgIpc) is 2.67. The first-order valence-corrected chi connectivity index (χ1v) is 9.39. The molecule has 8 heteroatoms. The van der Waals surface area contributed by atoms with E-state index in [9.17, 15) is 14.9 Å². The van der Waals surface area contributed by atoms with E-state index in [0.29, 0.717) is 22.8 Å². The predicted molar refractivity (Wildman–Crippen MR) is 106 cm³/mol. The number of ketones is 1. The number of Topliss-reactive ketones (excluding diaryl/α,β-unsaturated/α-hetero) is 1. The Morgan fingerprint density at radius 1 is 1.19 bits per heavy atom. The number of anilines is 1. The Morgan fingerprint density at radius 2 is 1.88 bits per heavy atom. The van der Waals surface area contributed by atoms with Crippen molar-refractivity contribution in [2.75, 3.05) is 23.7 Å². The number of benzene rings is 2. The minimum absolute atomic E-state index is 0.0102. The normalized spacial score (nSPS) is 13.8. The minimum atomic E-state index is -0.445. The summed E-state index contributed by atoms with van der Waals surface area (Å²) in [7, 11) is 0. The highest BCUT2D eigenvalue weighted by atomic mass is 35.5. The molecule has 0 fully saturated rings. The van der Waals surface area contributed by atoms with Crippen LogP contribution >= 0.6 is 23.4 Å². The number of amidine groups is 1. The van der Waals surface area contributed by atoms with Gasteiger partial charge in [0.05, 0.1) is 11.5 Å². The van der Waals surface area contributed by atoms with Gasteiger partial charge < -0.3 is 4.90 Å². The lowest BCUT2D eigenvalue weighted by atomic mass is 10.1. The van der Waals surface area contributed by atoms with Crippen LogP contribution in [0.1, 0.15) is 16.8 Å². The molecule has 134 valence electrons. The van der Waals surface area contributed by atoms with Gasteiger partial charge in [-0.15, -0.1) is 0 Å². The van der Waals surface area contributed by atoms with Gasteiger partial charge in [-0.1, -0.05) is 23.4 Å². The van der Waals surface area contributed by atoms with Gasteiger partial charge >= 0.3 is 0 Å². The van der Waals surface area contributed by atoms with Crippen LogP contribution in [0.4, 0.5) is 11.4 Å². The molecule has 0 radical (unpaired) electrons. The molecule has 0 N–H and O–H groups in total. The Kier molecular flexibility index (Phi) is 5.90. The molecule has 1 aliphatic heterocycles. The third-order valence-electron chi connectivity index (χ3n) is 3.85. The van der Waals surface area contributed by atoms with Crippen LogP contribution in [0.5, 0.6) is 0 Å². The van der Waals surface area contributed by atoms with Gasteiger partial charge in [-0.25, -0.2) is 0 Å². The Morgan fingerprint density at radius 3 is 2.46 bits per heavy atom. The van der Waals surface area contributed by atoms with Crippen molar-refractivity contribution in [2.24, 2.45) is 4.99 Å². The number of non-ortho nitro benzene ring substituents is 1. The van der Waals surface area contributed by atoms with Gasteiger partial charge in [0.25, 0.3) is 5.69 Å². The SMILES string of the molecule is O=C(CN(C1=NCCCS1)c1ccc([N+](=O)[O-])cc1)c1ccc(Cl)cc1. The Balaban J connectivity index is 1.88. The molecule has 1 heterocycles. The van der Waals surface area contributed by atoms with E-state index in [4.69, 9.17) is 11.6 Å². The number of nitro benzene ring substituents is 1. The first kappa shape index (κ1) is 18.4. The number of hydrogen-bond acceptors (Lipinski definition) is 6. The van der Waals surface area contributed by atoms with Crippen LogP contribution in [0, 0.1) is 10.1 Å². The summed E-state index contributed by atoms with van der Waals surface area (Å²) in [4.78, 5) is 29.5. The zero-order chi connectivity index (χ0) is 18.5. The first-order chi connectivity index (χ1) is 12.5. The molecule has 0 amide bonds. The number of carbonyl (C=O) groups is 1. The maximum absolute atomic E-state index is 12.7. The van der Waals surface area contributed by atoms with E-state index in [0.717, 1.165) is 17.3 Å². The molecular formula is C18H16ClN3O3S. The standard InChI is InChI=1S/C18H16ClN3O3S/c19-14-4-2-13(3-5-14)17(23)12-21(18-20-10-1-11-26-18)15-6-8-16(9-7-15)22(24)25/h2-9H,1,10-12H2. The van der Waals surface area contributed by atoms with Gasteiger partial charge in [-0.05, 0) is 42.8 Å². The largest absolute Gasteiger partial charge is 0.313 e. The number of rotatable bonds is 5. The molecule has 2 aromatic rings. The van der Waals surface area contributed by atoms with Crippen molar-refractivity contribution in [3.63, 3.8) is 0 Å². The molecular weight excluding hydrogens is 374 g/mol. The van der Waals surface area contributed by atoms with E-state index in [2.05, 4.69) is 4.99 Å². The lowest BCUT2D eigenvalue weighted by Crippen LogP contribution is -2.35. The van der Waals surface area contributed by atoms with Crippen LogP contribution in [0.15, 0.2) is 53.5 Å². The van der Waals surface area contributed by atoms with Crippen molar-refractivity contribution in [2.45, 2.75) is 6.42 Å². The highest BCUT2D eigenvalue weighted by molar-refractivity contribution is 8.14. The van der Waals surface area contributed by atoms with E-state index in [-0.39, 0.29) is 18.0 Å². The highest BCUT2D eigenvalue weighted by Crippen LogP contribution is 2.25. The summed E-state index contributed by atoms with van der Waals surface area (Å²) in [6.07, 6.45) is 0.993. The molecule has 26 heavy (non-hydrogen) atoms. The van der Waals surface area contributed by atoms with Crippen LogP contribution in [0.3, 0.4) is 0 Å². The van der Waals surface area contributed by atoms with Crippen molar-refractivity contribution in [1.29, 1.82) is 0 Å². The fourth-order valence-electron chi connectivity index (χ4n) is 2.51. The monoisotopic (exact) mass is 389 g/mol. The summed E-state index contributed by atoms with van der Waals surface area (Å²) in [5.74, 6) is 0.853. The summed E-state index contributed by atoms with van der Waals surface area (Å²) < 4.78 is 0. The third kappa shape index (κ3) is 4.42. The molecule has 6 nitrogen and oxygen atoms in total. The zero-order valence-electron chi connectivity index (χ0n) is 13.8. The topological polar surface area (TPSA) is 75.8 Å². The van der Waals surface area contributed by atoms with Crippen molar-refractivity contribution in [1.82, 2.24) is 0 Å². The summed E-state index contributed by atoms with van der Waals surface area (Å²) in [6, 6.07) is 12.9. The second-order valence-electron chi connectivity index (χ2n) is 5.66. The van der Waals surface area contributed by atoms with Crippen molar-refractivity contribution < 1.29 is 9.72 Å². The summed E-state index contributed by atoms with van der Waals surface area (Å²) in [6.45, 7) is 0.812. The molecule has 0 aliphatic carbocycles. The molecule has 2 aromatic carbocycles. The zero-order valence-corrected chi connectivity index (χ0v) is 15.4. The second kappa shape index (κ2) is 8.33. The lowest BCUT2D eigenvalue weighted by molar-refractivity contribution is -0.384. The predicted octanol–water partition coefficient (Wildman–Crippen LogP) is 4.43. The highest BCUT2D eigenvalue weighted by Gasteiger charge is 2.21. The van der Waals surface area contributed by atoms with Crippen LogP contribution < -0.4 is 4.90 Å². The molecule has 0 bridgehead atoms. The molecule has 0 saturated heterocycles. The third-order valence-corrected chi connectivity index (χ3v) is 5.20. The summed E-state index contributed by atoms with van der Waals surface area (Å²) in [5, 5.41) is 12.2. The quantitative estimate of drug-likeness (QED) is 0.429. The van der Waals surface area contributed by atoms with E-state index in [1.54, 1.807) is 48.2 Å². The van der Waals surface area contributed by atoms with Crippen LogP contribution in [-0.4, -0.2) is 34.7 Å². The van der Waals surface area contributed by atoms with E-state index >= 15 is 0 Å². The maximum Gasteiger partial charge on any atom is 0.269 e. The molecule has 0 unspecified atom stereocenters. The fraction of sp³-hybridized carbons (Fsp3) is 0.222. The average molecular weight is 390 g/mol. The van der Waals surface area contributed by atoms with E-state index in [1.165, 1.54) is 12.1 Å². The van der Waals surface area contributed by atoms with E-state index < -0.39 is 4.92 Å². The van der Waals surface area contributed by atoms with E-state index in [1.807, 2.05) is 4.90 Å². The number of nitro groups is 1. The van der Waals surface area contributed by atoms with Gasteiger partial charge in [0.15, 0.2) is 11.0 Å². The van der Waals surface area contributed by atoms with Gasteiger partial charge in [-0.2, -0.15) is 0 Å². The molecule has 3 rings (SSSR count). The Bertz CT molecular complexity index is 838.